The summed E-state index contributed by atoms with van der Waals surface area (Å²) in [6, 6.07) is 21.4. The lowest BCUT2D eigenvalue weighted by molar-refractivity contribution is 0.0952. The van der Waals surface area contributed by atoms with Crippen molar-refractivity contribution >= 4 is 23.7 Å². The number of nitrogens with zero attached hydrogens (tertiary/aromatic N) is 1. The number of nitrogens with one attached hydrogen (secondary N) is 1. The number of phenolic OH excluding ortho intramolecular Hbond substituents is 1. The van der Waals surface area contributed by atoms with Crippen molar-refractivity contribution in [1.82, 2.24) is 5.43 Å². The first kappa shape index (κ1) is 18.5. The third kappa shape index (κ3) is 5.33. The highest BCUT2D eigenvalue weighted by molar-refractivity contribution is 6.31. The number of hydrogen-bond acceptors (Lipinski definition) is 4. The number of carbonyl (C=O) groups is 1. The molecule has 0 aliphatic heterocycles. The van der Waals surface area contributed by atoms with Crippen molar-refractivity contribution in [3.63, 3.8) is 0 Å². The molecule has 6 heteroatoms. The number of rotatable bonds is 6. The number of hydrazone groups is 1. The minimum atomic E-state index is -0.547. The maximum atomic E-state index is 12.0. The van der Waals surface area contributed by atoms with E-state index in [1.54, 1.807) is 0 Å². The average Bonchev–Trinajstić information content (AvgIpc) is 2.70. The molecular formula is C21H17ClN2O3. The zero-order valence-corrected chi connectivity index (χ0v) is 15.1. The minimum Gasteiger partial charge on any atom is -0.507 e. The normalized spacial score (nSPS) is 10.7. The lowest BCUT2D eigenvalue weighted by Gasteiger charge is -2.06. The molecule has 2 N–H and O–H groups in total. The number of ether oxygens (including phenoxy) is 1. The van der Waals surface area contributed by atoms with Crippen LogP contribution in [0.5, 0.6) is 11.5 Å². The first-order chi connectivity index (χ1) is 13.1. The van der Waals surface area contributed by atoms with E-state index in [4.69, 9.17) is 16.3 Å². The summed E-state index contributed by atoms with van der Waals surface area (Å²) in [5.41, 5.74) is 4.30. The van der Waals surface area contributed by atoms with Crippen LogP contribution in [0.2, 0.25) is 5.02 Å². The van der Waals surface area contributed by atoms with Crippen LogP contribution in [0.25, 0.3) is 0 Å². The van der Waals surface area contributed by atoms with Crippen LogP contribution in [0.15, 0.2) is 77.9 Å². The van der Waals surface area contributed by atoms with Gasteiger partial charge >= 0.3 is 0 Å². The van der Waals surface area contributed by atoms with Crippen molar-refractivity contribution < 1.29 is 14.6 Å². The predicted molar refractivity (Wildman–Crippen MR) is 105 cm³/mol. The molecule has 0 aromatic heterocycles. The van der Waals surface area contributed by atoms with Gasteiger partial charge in [-0.05, 0) is 53.6 Å². The summed E-state index contributed by atoms with van der Waals surface area (Å²) in [6.45, 7) is 0.494. The Kier molecular flexibility index (Phi) is 6.07. The van der Waals surface area contributed by atoms with E-state index in [0.717, 1.165) is 16.9 Å². The van der Waals surface area contributed by atoms with E-state index in [1.165, 1.54) is 24.4 Å². The van der Waals surface area contributed by atoms with Crippen LogP contribution in [0.4, 0.5) is 0 Å². The highest BCUT2D eigenvalue weighted by atomic mass is 35.5. The van der Waals surface area contributed by atoms with Gasteiger partial charge in [-0.25, -0.2) is 5.43 Å². The maximum Gasteiger partial charge on any atom is 0.275 e. The van der Waals surface area contributed by atoms with Gasteiger partial charge in [-0.15, -0.1) is 0 Å². The number of hydrogen-bond donors (Lipinski definition) is 2. The molecule has 0 saturated heterocycles. The van der Waals surface area contributed by atoms with Crippen molar-refractivity contribution in [2.24, 2.45) is 5.10 Å². The van der Waals surface area contributed by atoms with E-state index >= 15 is 0 Å². The van der Waals surface area contributed by atoms with Crippen molar-refractivity contribution in [3.05, 3.63) is 94.5 Å². The van der Waals surface area contributed by atoms with Gasteiger partial charge in [0, 0.05) is 5.02 Å². The molecule has 0 aliphatic carbocycles. The number of benzene rings is 3. The molecule has 0 unspecified atom stereocenters. The Morgan fingerprint density at radius 2 is 1.81 bits per heavy atom. The third-order valence-electron chi connectivity index (χ3n) is 3.71. The zero-order chi connectivity index (χ0) is 19.1. The van der Waals surface area contributed by atoms with Gasteiger partial charge in [-0.1, -0.05) is 41.9 Å². The van der Waals surface area contributed by atoms with Gasteiger partial charge < -0.3 is 9.84 Å². The summed E-state index contributed by atoms with van der Waals surface area (Å²) in [4.78, 5) is 12.0. The molecule has 136 valence electrons. The second-order valence-corrected chi connectivity index (χ2v) is 6.14. The molecule has 0 fully saturated rings. The summed E-state index contributed by atoms with van der Waals surface area (Å²) in [7, 11) is 0. The number of phenols is 1. The highest BCUT2D eigenvalue weighted by Gasteiger charge is 2.10. The largest absolute Gasteiger partial charge is 0.507 e. The van der Waals surface area contributed by atoms with Gasteiger partial charge in [0.25, 0.3) is 5.91 Å². The maximum absolute atomic E-state index is 12.0. The summed E-state index contributed by atoms with van der Waals surface area (Å²) in [5, 5.41) is 13.9. The molecule has 27 heavy (non-hydrogen) atoms. The zero-order valence-electron chi connectivity index (χ0n) is 14.3. The molecule has 0 radical (unpaired) electrons. The number of amides is 1. The van der Waals surface area contributed by atoms with Gasteiger partial charge in [0.2, 0.25) is 0 Å². The van der Waals surface area contributed by atoms with Gasteiger partial charge in [0.1, 0.15) is 18.1 Å². The molecule has 3 aromatic carbocycles. The van der Waals surface area contributed by atoms with Crippen molar-refractivity contribution in [2.75, 3.05) is 0 Å². The summed E-state index contributed by atoms with van der Waals surface area (Å²) < 4.78 is 5.72. The van der Waals surface area contributed by atoms with Crippen LogP contribution >= 0.6 is 11.6 Å². The second-order valence-electron chi connectivity index (χ2n) is 5.70. The molecule has 3 aromatic rings. The first-order valence-electron chi connectivity index (χ1n) is 8.20. The fourth-order valence-electron chi connectivity index (χ4n) is 2.31. The van der Waals surface area contributed by atoms with Gasteiger partial charge in [-0.2, -0.15) is 5.10 Å². The van der Waals surface area contributed by atoms with E-state index in [2.05, 4.69) is 10.5 Å². The standard InChI is InChI=1S/C21H17ClN2O3/c22-17-8-11-20(25)19(12-17)21(26)24-23-13-15-6-9-18(10-7-15)27-14-16-4-2-1-3-5-16/h1-13,25H,14H2,(H,24,26). The molecule has 0 aliphatic rings. The minimum absolute atomic E-state index is 0.0595. The molecule has 5 nitrogen and oxygen atoms in total. The van der Waals surface area contributed by atoms with Crippen LogP contribution in [0.1, 0.15) is 21.5 Å². The topological polar surface area (TPSA) is 70.9 Å². The van der Waals surface area contributed by atoms with Crippen LogP contribution in [0.3, 0.4) is 0 Å². The molecule has 0 saturated carbocycles. The number of aromatic hydroxyl groups is 1. The predicted octanol–water partition coefficient (Wildman–Crippen LogP) is 4.39. The van der Waals surface area contributed by atoms with Gasteiger partial charge in [0.15, 0.2) is 0 Å². The van der Waals surface area contributed by atoms with E-state index in [9.17, 15) is 9.90 Å². The Morgan fingerprint density at radius 3 is 2.56 bits per heavy atom. The lowest BCUT2D eigenvalue weighted by Crippen LogP contribution is -2.17. The van der Waals surface area contributed by atoms with Crippen molar-refractivity contribution in [2.45, 2.75) is 6.61 Å². The lowest BCUT2D eigenvalue weighted by atomic mass is 10.2. The number of halogens is 1. The highest BCUT2D eigenvalue weighted by Crippen LogP contribution is 2.21. The van der Waals surface area contributed by atoms with Crippen LogP contribution < -0.4 is 10.2 Å². The fourth-order valence-corrected chi connectivity index (χ4v) is 2.48. The Balaban J connectivity index is 1.54. The third-order valence-corrected chi connectivity index (χ3v) is 3.95. The molecular weight excluding hydrogens is 364 g/mol. The SMILES string of the molecule is O=C(NN=Cc1ccc(OCc2ccccc2)cc1)c1cc(Cl)ccc1O. The molecule has 0 heterocycles. The molecule has 0 spiro atoms. The van der Waals surface area contributed by atoms with Gasteiger partial charge in [-0.3, -0.25) is 4.79 Å². The Labute approximate surface area is 161 Å². The van der Waals surface area contributed by atoms with E-state index in [-0.39, 0.29) is 11.3 Å². The monoisotopic (exact) mass is 380 g/mol. The Hall–Kier alpha value is -3.31. The molecule has 1 amide bonds. The fraction of sp³-hybridized carbons (Fsp3) is 0.0476. The smallest absolute Gasteiger partial charge is 0.275 e. The molecule has 0 atom stereocenters. The van der Waals surface area contributed by atoms with E-state index < -0.39 is 5.91 Å². The summed E-state index contributed by atoms with van der Waals surface area (Å²) in [6.07, 6.45) is 1.50. The van der Waals surface area contributed by atoms with Gasteiger partial charge in [0.05, 0.1) is 11.8 Å². The van der Waals surface area contributed by atoms with E-state index in [1.807, 2.05) is 54.6 Å². The van der Waals surface area contributed by atoms with Crippen molar-refractivity contribution in [1.29, 1.82) is 0 Å². The molecule has 3 rings (SSSR count). The summed E-state index contributed by atoms with van der Waals surface area (Å²) in [5.74, 6) is 0.0324. The van der Waals surface area contributed by atoms with Crippen LogP contribution in [0, 0.1) is 0 Å². The van der Waals surface area contributed by atoms with Crippen LogP contribution in [-0.4, -0.2) is 17.2 Å². The average molecular weight is 381 g/mol. The quantitative estimate of drug-likeness (QED) is 0.492. The van der Waals surface area contributed by atoms with Crippen molar-refractivity contribution in [3.8, 4) is 11.5 Å². The Morgan fingerprint density at radius 1 is 1.07 bits per heavy atom. The summed E-state index contributed by atoms with van der Waals surface area (Å²) >= 11 is 5.83. The first-order valence-corrected chi connectivity index (χ1v) is 8.58. The second kappa shape index (κ2) is 8.87. The number of carbonyl (C=O) groups excluding carboxylic acids is 1. The molecule has 0 bridgehead atoms. The Bertz CT molecular complexity index is 941. The van der Waals surface area contributed by atoms with Crippen LogP contribution in [-0.2, 0) is 6.61 Å². The van der Waals surface area contributed by atoms with E-state index in [0.29, 0.717) is 11.6 Å².